The Morgan fingerprint density at radius 1 is 1.19 bits per heavy atom. The highest BCUT2D eigenvalue weighted by Gasteiger charge is 2.14. The first kappa shape index (κ1) is 20.0. The van der Waals surface area contributed by atoms with Crippen molar-refractivity contribution in [1.29, 1.82) is 5.26 Å². The van der Waals surface area contributed by atoms with Crippen molar-refractivity contribution in [3.05, 3.63) is 70.2 Å². The molecular formula is C21H24ClN3O. The Balaban J connectivity index is 1.93. The molecule has 2 aromatic rings. The summed E-state index contributed by atoms with van der Waals surface area (Å²) in [7, 11) is 0. The molecule has 0 fully saturated rings. The van der Waals surface area contributed by atoms with E-state index in [1.807, 2.05) is 55.5 Å². The Morgan fingerprint density at radius 3 is 2.42 bits per heavy atom. The lowest BCUT2D eigenvalue weighted by atomic mass is 10.1. The van der Waals surface area contributed by atoms with Gasteiger partial charge in [-0.25, -0.2) is 0 Å². The van der Waals surface area contributed by atoms with Crippen molar-refractivity contribution in [2.45, 2.75) is 32.9 Å². The molecule has 1 amide bonds. The molecule has 5 heteroatoms. The number of benzene rings is 2. The van der Waals surface area contributed by atoms with Gasteiger partial charge in [0.25, 0.3) is 0 Å². The lowest BCUT2D eigenvalue weighted by Crippen LogP contribution is -2.38. The zero-order chi connectivity index (χ0) is 18.9. The van der Waals surface area contributed by atoms with Crippen LogP contribution in [0.15, 0.2) is 48.5 Å². The van der Waals surface area contributed by atoms with Crippen LogP contribution in [0.5, 0.6) is 0 Å². The van der Waals surface area contributed by atoms with Gasteiger partial charge in [0.1, 0.15) is 0 Å². The molecular weight excluding hydrogens is 346 g/mol. The minimum Gasteiger partial charge on any atom is -0.348 e. The van der Waals surface area contributed by atoms with E-state index in [4.69, 9.17) is 16.9 Å². The van der Waals surface area contributed by atoms with E-state index in [0.717, 1.165) is 24.1 Å². The Kier molecular flexibility index (Phi) is 7.65. The smallest absolute Gasteiger partial charge is 0.234 e. The van der Waals surface area contributed by atoms with Crippen LogP contribution in [0.2, 0.25) is 5.02 Å². The quantitative estimate of drug-likeness (QED) is 0.754. The molecule has 0 bridgehead atoms. The van der Waals surface area contributed by atoms with Crippen molar-refractivity contribution in [3.8, 4) is 6.07 Å². The van der Waals surface area contributed by atoms with Gasteiger partial charge in [0.05, 0.1) is 24.2 Å². The zero-order valence-electron chi connectivity index (χ0n) is 15.2. The van der Waals surface area contributed by atoms with Crippen LogP contribution in [0, 0.1) is 11.3 Å². The van der Waals surface area contributed by atoms with Crippen molar-refractivity contribution < 1.29 is 4.79 Å². The van der Waals surface area contributed by atoms with Crippen LogP contribution in [0.3, 0.4) is 0 Å². The number of nitrogens with zero attached hydrogens (tertiary/aromatic N) is 2. The minimum atomic E-state index is -0.0712. The standard InChI is InChI=1S/C21H24ClN3O/c1-3-12-25(14-18-6-4-17(13-23)5-7-18)15-21(26)24-16(2)19-8-10-20(22)11-9-19/h4-11,16H,3,12,14-15H2,1-2H3,(H,24,26). The van der Waals surface area contributed by atoms with E-state index in [9.17, 15) is 4.79 Å². The highest BCUT2D eigenvalue weighted by molar-refractivity contribution is 6.30. The Bertz CT molecular complexity index is 750. The summed E-state index contributed by atoms with van der Waals surface area (Å²) >= 11 is 5.91. The summed E-state index contributed by atoms with van der Waals surface area (Å²) in [6.45, 7) is 5.92. The average Bonchev–Trinajstić information content (AvgIpc) is 2.63. The predicted octanol–water partition coefficient (Wildman–Crippen LogP) is 4.30. The zero-order valence-corrected chi connectivity index (χ0v) is 16.0. The van der Waals surface area contributed by atoms with Crippen LogP contribution in [0.1, 0.15) is 43.0 Å². The van der Waals surface area contributed by atoms with Gasteiger partial charge in [0.15, 0.2) is 0 Å². The molecule has 0 aliphatic heterocycles. The second-order valence-corrected chi connectivity index (χ2v) is 6.80. The largest absolute Gasteiger partial charge is 0.348 e. The summed E-state index contributed by atoms with van der Waals surface area (Å²) in [6.07, 6.45) is 0.969. The van der Waals surface area contributed by atoms with E-state index in [1.54, 1.807) is 0 Å². The maximum absolute atomic E-state index is 12.4. The lowest BCUT2D eigenvalue weighted by Gasteiger charge is -2.23. The third kappa shape index (κ3) is 6.18. The third-order valence-corrected chi connectivity index (χ3v) is 4.40. The summed E-state index contributed by atoms with van der Waals surface area (Å²) in [4.78, 5) is 14.6. The maximum atomic E-state index is 12.4. The summed E-state index contributed by atoms with van der Waals surface area (Å²) in [5.41, 5.74) is 2.76. The summed E-state index contributed by atoms with van der Waals surface area (Å²) in [5, 5.41) is 12.6. The Labute approximate surface area is 160 Å². The molecule has 0 heterocycles. The summed E-state index contributed by atoms with van der Waals surface area (Å²) in [5.74, 6) is -0.00505. The summed E-state index contributed by atoms with van der Waals surface area (Å²) < 4.78 is 0. The molecule has 0 spiro atoms. The van der Waals surface area contributed by atoms with Gasteiger partial charge in [-0.1, -0.05) is 42.8 Å². The van der Waals surface area contributed by atoms with Crippen molar-refractivity contribution in [1.82, 2.24) is 10.2 Å². The van der Waals surface area contributed by atoms with Crippen molar-refractivity contribution in [2.75, 3.05) is 13.1 Å². The van der Waals surface area contributed by atoms with Gasteiger partial charge in [0.2, 0.25) is 5.91 Å². The second kappa shape index (κ2) is 9.96. The molecule has 1 N–H and O–H groups in total. The lowest BCUT2D eigenvalue weighted by molar-refractivity contribution is -0.123. The van der Waals surface area contributed by atoms with Gasteiger partial charge in [-0.3, -0.25) is 9.69 Å². The average molecular weight is 370 g/mol. The Morgan fingerprint density at radius 2 is 1.85 bits per heavy atom. The van der Waals surface area contributed by atoms with Gasteiger partial charge >= 0.3 is 0 Å². The molecule has 0 saturated carbocycles. The topological polar surface area (TPSA) is 56.1 Å². The molecule has 4 nitrogen and oxygen atoms in total. The number of nitriles is 1. The number of nitrogens with one attached hydrogen (secondary N) is 1. The van der Waals surface area contributed by atoms with E-state index in [2.05, 4.69) is 23.2 Å². The van der Waals surface area contributed by atoms with Gasteiger partial charge in [-0.15, -0.1) is 0 Å². The third-order valence-electron chi connectivity index (χ3n) is 4.14. The number of amides is 1. The van der Waals surface area contributed by atoms with Gasteiger partial charge < -0.3 is 5.32 Å². The van der Waals surface area contributed by atoms with Crippen LogP contribution >= 0.6 is 11.6 Å². The van der Waals surface area contributed by atoms with E-state index < -0.39 is 0 Å². The van der Waals surface area contributed by atoms with Gasteiger partial charge in [-0.05, 0) is 55.3 Å². The molecule has 2 aromatic carbocycles. The van der Waals surface area contributed by atoms with E-state index in [0.29, 0.717) is 23.7 Å². The van der Waals surface area contributed by atoms with Crippen LogP contribution in [0.25, 0.3) is 0 Å². The molecule has 2 rings (SSSR count). The van der Waals surface area contributed by atoms with E-state index in [1.165, 1.54) is 0 Å². The molecule has 26 heavy (non-hydrogen) atoms. The van der Waals surface area contributed by atoms with Crippen molar-refractivity contribution >= 4 is 17.5 Å². The molecule has 0 radical (unpaired) electrons. The molecule has 1 atom stereocenters. The van der Waals surface area contributed by atoms with Crippen LogP contribution in [-0.4, -0.2) is 23.9 Å². The van der Waals surface area contributed by atoms with Crippen LogP contribution < -0.4 is 5.32 Å². The minimum absolute atomic E-state index is 0.00505. The fraction of sp³-hybridized carbons (Fsp3) is 0.333. The number of carbonyl (C=O) groups is 1. The normalized spacial score (nSPS) is 11.8. The highest BCUT2D eigenvalue weighted by atomic mass is 35.5. The number of rotatable bonds is 8. The number of carbonyl (C=O) groups excluding carboxylic acids is 1. The molecule has 136 valence electrons. The Hall–Kier alpha value is -2.35. The maximum Gasteiger partial charge on any atom is 0.234 e. The fourth-order valence-electron chi connectivity index (χ4n) is 2.80. The SMILES string of the molecule is CCCN(CC(=O)NC(C)c1ccc(Cl)cc1)Cc1ccc(C#N)cc1. The van der Waals surface area contributed by atoms with E-state index in [-0.39, 0.29) is 11.9 Å². The number of hydrogen-bond acceptors (Lipinski definition) is 3. The monoisotopic (exact) mass is 369 g/mol. The molecule has 0 saturated heterocycles. The highest BCUT2D eigenvalue weighted by Crippen LogP contribution is 2.16. The number of halogens is 1. The fourth-order valence-corrected chi connectivity index (χ4v) is 2.92. The van der Waals surface area contributed by atoms with Crippen molar-refractivity contribution in [2.24, 2.45) is 0 Å². The van der Waals surface area contributed by atoms with Gasteiger partial charge in [-0.2, -0.15) is 5.26 Å². The summed E-state index contributed by atoms with van der Waals surface area (Å²) in [6, 6.07) is 17.0. The molecule has 0 aliphatic carbocycles. The van der Waals surface area contributed by atoms with Crippen molar-refractivity contribution in [3.63, 3.8) is 0 Å². The first-order valence-corrected chi connectivity index (χ1v) is 9.16. The molecule has 0 aromatic heterocycles. The van der Waals surface area contributed by atoms with E-state index >= 15 is 0 Å². The predicted molar refractivity (Wildman–Crippen MR) is 105 cm³/mol. The second-order valence-electron chi connectivity index (χ2n) is 6.36. The molecule has 1 unspecified atom stereocenters. The first-order chi connectivity index (χ1) is 12.5. The van der Waals surface area contributed by atoms with Crippen LogP contribution in [-0.2, 0) is 11.3 Å². The number of hydrogen-bond donors (Lipinski definition) is 1. The first-order valence-electron chi connectivity index (χ1n) is 8.78. The van der Waals surface area contributed by atoms with Crippen LogP contribution in [0.4, 0.5) is 0 Å². The van der Waals surface area contributed by atoms with Gasteiger partial charge in [0, 0.05) is 11.6 Å². The molecule has 0 aliphatic rings.